The first-order valence-corrected chi connectivity index (χ1v) is 4.67. The van der Waals surface area contributed by atoms with E-state index in [0.717, 1.165) is 12.1 Å². The van der Waals surface area contributed by atoms with Crippen LogP contribution in [0.15, 0.2) is 23.2 Å². The van der Waals surface area contributed by atoms with Gasteiger partial charge in [-0.25, -0.2) is 4.79 Å². The summed E-state index contributed by atoms with van der Waals surface area (Å²) in [5, 5.41) is -0.405. The summed E-state index contributed by atoms with van der Waals surface area (Å²) in [7, 11) is 0. The van der Waals surface area contributed by atoms with Gasteiger partial charge in [0.1, 0.15) is 0 Å². The highest BCUT2D eigenvalue weighted by molar-refractivity contribution is 6.31. The Labute approximate surface area is 94.7 Å². The zero-order valence-corrected chi connectivity index (χ0v) is 8.93. The van der Waals surface area contributed by atoms with E-state index in [0.29, 0.717) is 5.56 Å². The summed E-state index contributed by atoms with van der Waals surface area (Å²) >= 11 is 5.50. The molecule has 0 aliphatic rings. The van der Waals surface area contributed by atoms with E-state index in [9.17, 15) is 18.0 Å². The van der Waals surface area contributed by atoms with Gasteiger partial charge in [-0.05, 0) is 24.6 Å². The first kappa shape index (κ1) is 12.7. The second kappa shape index (κ2) is 4.68. The summed E-state index contributed by atoms with van der Waals surface area (Å²) in [5.74, 6) is 0. The Morgan fingerprint density at radius 2 is 2.06 bits per heavy atom. The Kier molecular flexibility index (Phi) is 3.73. The summed E-state index contributed by atoms with van der Waals surface area (Å²) in [6.07, 6.45) is -3.14. The van der Waals surface area contributed by atoms with Crippen LogP contribution in [-0.4, -0.2) is 6.08 Å². The molecule has 0 saturated heterocycles. The van der Waals surface area contributed by atoms with E-state index in [1.54, 1.807) is 6.92 Å². The van der Waals surface area contributed by atoms with Crippen molar-refractivity contribution in [1.82, 2.24) is 0 Å². The Balaban J connectivity index is 3.14. The summed E-state index contributed by atoms with van der Waals surface area (Å²) in [5.41, 5.74) is -0.471. The second-order valence-electron chi connectivity index (χ2n) is 3.13. The predicted octanol–water partition coefficient (Wildman–Crippen LogP) is 3.76. The Morgan fingerprint density at radius 1 is 1.44 bits per heavy atom. The maximum Gasteiger partial charge on any atom is 0.417 e. The lowest BCUT2D eigenvalue weighted by molar-refractivity contribution is -0.137. The second-order valence-corrected chi connectivity index (χ2v) is 3.54. The predicted molar refractivity (Wildman–Crippen MR) is 53.0 cm³/mol. The van der Waals surface area contributed by atoms with Crippen molar-refractivity contribution in [3.05, 3.63) is 34.3 Å². The summed E-state index contributed by atoms with van der Waals surface area (Å²) in [6.45, 7) is 1.56. The van der Waals surface area contributed by atoms with Crippen LogP contribution < -0.4 is 0 Å². The molecule has 0 heterocycles. The van der Waals surface area contributed by atoms with Crippen molar-refractivity contribution < 1.29 is 18.0 Å². The number of benzene rings is 1. The first-order valence-electron chi connectivity index (χ1n) is 4.30. The zero-order valence-electron chi connectivity index (χ0n) is 8.18. The van der Waals surface area contributed by atoms with Crippen molar-refractivity contribution in [2.24, 2.45) is 4.99 Å². The van der Waals surface area contributed by atoms with Crippen LogP contribution in [0.4, 0.5) is 13.2 Å². The summed E-state index contributed by atoms with van der Waals surface area (Å²) in [6, 6.07) is 2.70. The van der Waals surface area contributed by atoms with Gasteiger partial charge in [0.05, 0.1) is 16.6 Å². The van der Waals surface area contributed by atoms with Gasteiger partial charge in [-0.3, -0.25) is 0 Å². The van der Waals surface area contributed by atoms with Gasteiger partial charge in [-0.15, -0.1) is 0 Å². The molecule has 0 amide bonds. The number of hydrogen-bond donors (Lipinski definition) is 0. The lowest BCUT2D eigenvalue weighted by Gasteiger charge is -2.11. The van der Waals surface area contributed by atoms with Gasteiger partial charge in [0.15, 0.2) is 0 Å². The summed E-state index contributed by atoms with van der Waals surface area (Å²) < 4.78 is 37.1. The minimum atomic E-state index is -4.48. The van der Waals surface area contributed by atoms with E-state index >= 15 is 0 Å². The molecule has 0 fully saturated rings. The maximum atomic E-state index is 12.4. The van der Waals surface area contributed by atoms with E-state index in [1.807, 2.05) is 0 Å². The highest BCUT2D eigenvalue weighted by Gasteiger charge is 2.33. The van der Waals surface area contributed by atoms with Crippen molar-refractivity contribution in [3.8, 4) is 0 Å². The van der Waals surface area contributed by atoms with Crippen LogP contribution in [0.25, 0.3) is 0 Å². The molecule has 1 aromatic carbocycles. The third-order valence-electron chi connectivity index (χ3n) is 2.03. The molecule has 0 aliphatic carbocycles. The van der Waals surface area contributed by atoms with E-state index in [4.69, 9.17) is 11.6 Å². The van der Waals surface area contributed by atoms with Gasteiger partial charge in [0, 0.05) is 0 Å². The van der Waals surface area contributed by atoms with Crippen LogP contribution in [0, 0.1) is 0 Å². The molecule has 1 atom stereocenters. The normalized spacial score (nSPS) is 13.1. The van der Waals surface area contributed by atoms with E-state index in [1.165, 1.54) is 12.1 Å². The van der Waals surface area contributed by atoms with Gasteiger partial charge in [0.25, 0.3) is 0 Å². The number of hydrogen-bond acceptors (Lipinski definition) is 2. The molecular weight excluding hydrogens is 243 g/mol. The molecule has 1 unspecified atom stereocenters. The summed E-state index contributed by atoms with van der Waals surface area (Å²) in [4.78, 5) is 13.4. The number of rotatable bonds is 2. The van der Waals surface area contributed by atoms with Crippen molar-refractivity contribution in [2.75, 3.05) is 0 Å². The minimum Gasteiger partial charge on any atom is -0.211 e. The van der Waals surface area contributed by atoms with Crippen LogP contribution in [0.2, 0.25) is 5.02 Å². The molecule has 1 rings (SSSR count). The SMILES string of the molecule is CC(N=C=O)c1ccc(C(F)(F)F)c(Cl)c1. The van der Waals surface area contributed by atoms with Crippen LogP contribution in [-0.2, 0) is 11.0 Å². The average molecular weight is 250 g/mol. The first-order chi connectivity index (χ1) is 7.36. The Morgan fingerprint density at radius 3 is 2.50 bits per heavy atom. The van der Waals surface area contributed by atoms with E-state index in [-0.39, 0.29) is 0 Å². The lowest BCUT2D eigenvalue weighted by Crippen LogP contribution is -2.06. The Hall–Kier alpha value is -1.32. The number of aliphatic imine (C=N–C) groups is 1. The molecule has 86 valence electrons. The molecule has 0 aliphatic heterocycles. The molecule has 1 aromatic rings. The van der Waals surface area contributed by atoms with E-state index in [2.05, 4.69) is 4.99 Å². The van der Waals surface area contributed by atoms with Crippen molar-refractivity contribution >= 4 is 17.7 Å². The van der Waals surface area contributed by atoms with Crippen LogP contribution >= 0.6 is 11.6 Å². The van der Waals surface area contributed by atoms with Gasteiger partial charge in [-0.1, -0.05) is 17.7 Å². The van der Waals surface area contributed by atoms with Gasteiger partial charge in [-0.2, -0.15) is 18.2 Å². The number of nitrogens with zero attached hydrogens (tertiary/aromatic N) is 1. The van der Waals surface area contributed by atoms with Gasteiger partial charge >= 0.3 is 6.18 Å². The van der Waals surface area contributed by atoms with Crippen LogP contribution in [0.1, 0.15) is 24.1 Å². The average Bonchev–Trinajstić information content (AvgIpc) is 2.16. The minimum absolute atomic E-state index is 0.405. The fraction of sp³-hybridized carbons (Fsp3) is 0.300. The van der Waals surface area contributed by atoms with Crippen molar-refractivity contribution in [1.29, 1.82) is 0 Å². The molecular formula is C10H7ClF3NO. The highest BCUT2D eigenvalue weighted by atomic mass is 35.5. The molecule has 0 radical (unpaired) electrons. The molecule has 0 N–H and O–H groups in total. The molecule has 0 spiro atoms. The molecule has 16 heavy (non-hydrogen) atoms. The standard InChI is InChI=1S/C10H7ClF3NO/c1-6(15-5-16)7-2-3-8(9(11)4-7)10(12,13)14/h2-4,6H,1H3. The fourth-order valence-corrected chi connectivity index (χ4v) is 1.47. The lowest BCUT2D eigenvalue weighted by atomic mass is 10.1. The fourth-order valence-electron chi connectivity index (χ4n) is 1.17. The zero-order chi connectivity index (χ0) is 12.3. The molecule has 0 bridgehead atoms. The monoisotopic (exact) mass is 249 g/mol. The molecule has 6 heteroatoms. The van der Waals surface area contributed by atoms with Gasteiger partial charge in [0.2, 0.25) is 6.08 Å². The maximum absolute atomic E-state index is 12.4. The highest BCUT2D eigenvalue weighted by Crippen LogP contribution is 2.36. The topological polar surface area (TPSA) is 29.4 Å². The molecule has 0 aromatic heterocycles. The van der Waals surface area contributed by atoms with Crippen molar-refractivity contribution in [2.45, 2.75) is 19.1 Å². The van der Waals surface area contributed by atoms with E-state index < -0.39 is 22.8 Å². The number of halogens is 4. The van der Waals surface area contributed by atoms with Crippen molar-refractivity contribution in [3.63, 3.8) is 0 Å². The molecule has 0 saturated carbocycles. The number of isocyanates is 1. The molecule has 2 nitrogen and oxygen atoms in total. The largest absolute Gasteiger partial charge is 0.417 e. The number of alkyl halides is 3. The quantitative estimate of drug-likeness (QED) is 0.580. The van der Waals surface area contributed by atoms with Crippen LogP contribution in [0.3, 0.4) is 0 Å². The smallest absolute Gasteiger partial charge is 0.211 e. The van der Waals surface area contributed by atoms with Crippen LogP contribution in [0.5, 0.6) is 0 Å². The third-order valence-corrected chi connectivity index (χ3v) is 2.34. The Bertz CT molecular complexity index is 438. The number of carbonyl (C=O) groups excluding carboxylic acids is 1. The van der Waals surface area contributed by atoms with Gasteiger partial charge < -0.3 is 0 Å². The third kappa shape index (κ3) is 2.84.